The number of benzene rings is 1. The maximum atomic E-state index is 11.6. The van der Waals surface area contributed by atoms with Gasteiger partial charge in [0.1, 0.15) is 5.78 Å². The van der Waals surface area contributed by atoms with E-state index in [0.29, 0.717) is 18.6 Å². The van der Waals surface area contributed by atoms with Gasteiger partial charge in [-0.3, -0.25) is 9.59 Å². The van der Waals surface area contributed by atoms with E-state index in [1.165, 1.54) is 0 Å². The Balaban J connectivity index is 1.94. The molecular formula is C15H18O3S. The Morgan fingerprint density at radius 3 is 2.63 bits per heavy atom. The highest BCUT2D eigenvalue weighted by atomic mass is 32.2. The zero-order chi connectivity index (χ0) is 13.8. The first-order valence-electron chi connectivity index (χ1n) is 6.57. The fraction of sp³-hybridized carbons (Fsp3) is 0.467. The first kappa shape index (κ1) is 14.1. The number of rotatable bonds is 5. The standard InChI is InChI=1S/C15H18O3S/c1-10(15(17)18)9-11-5-7-12(8-6-11)19-14-4-2-3-13(14)16/h5-8,10,14H,2-4,9H2,1H3,(H,17,18). The lowest BCUT2D eigenvalue weighted by molar-refractivity contribution is -0.141. The molecule has 2 rings (SSSR count). The minimum Gasteiger partial charge on any atom is -0.481 e. The topological polar surface area (TPSA) is 54.4 Å². The van der Waals surface area contributed by atoms with Crippen LogP contribution < -0.4 is 0 Å². The number of carboxylic acids is 1. The molecule has 1 fully saturated rings. The third-order valence-electron chi connectivity index (χ3n) is 3.41. The summed E-state index contributed by atoms with van der Waals surface area (Å²) in [5.41, 5.74) is 1.02. The number of carbonyl (C=O) groups is 2. The van der Waals surface area contributed by atoms with Gasteiger partial charge >= 0.3 is 5.97 Å². The van der Waals surface area contributed by atoms with E-state index >= 15 is 0 Å². The third kappa shape index (κ3) is 3.83. The largest absolute Gasteiger partial charge is 0.481 e. The van der Waals surface area contributed by atoms with E-state index < -0.39 is 5.97 Å². The molecule has 0 amide bonds. The van der Waals surface area contributed by atoms with E-state index in [4.69, 9.17) is 5.11 Å². The highest BCUT2D eigenvalue weighted by Gasteiger charge is 2.25. The predicted octanol–water partition coefficient (Wildman–Crippen LogP) is 3.16. The second-order valence-corrected chi connectivity index (χ2v) is 6.33. The van der Waals surface area contributed by atoms with Crippen molar-refractivity contribution >= 4 is 23.5 Å². The summed E-state index contributed by atoms with van der Waals surface area (Å²) in [6.07, 6.45) is 3.24. The maximum absolute atomic E-state index is 11.6. The lowest BCUT2D eigenvalue weighted by atomic mass is 10.0. The number of hydrogen-bond acceptors (Lipinski definition) is 3. The molecule has 1 saturated carbocycles. The quantitative estimate of drug-likeness (QED) is 0.899. The fourth-order valence-electron chi connectivity index (χ4n) is 2.22. The summed E-state index contributed by atoms with van der Waals surface area (Å²) >= 11 is 1.63. The summed E-state index contributed by atoms with van der Waals surface area (Å²) in [6.45, 7) is 1.71. The molecule has 0 radical (unpaired) electrons. The van der Waals surface area contributed by atoms with Crippen LogP contribution >= 0.6 is 11.8 Å². The number of Topliss-reactive ketones (excluding diaryl/α,β-unsaturated/α-hetero) is 1. The van der Waals surface area contributed by atoms with Gasteiger partial charge in [0.05, 0.1) is 11.2 Å². The van der Waals surface area contributed by atoms with Gasteiger partial charge in [0, 0.05) is 11.3 Å². The van der Waals surface area contributed by atoms with Crippen molar-refractivity contribution in [3.05, 3.63) is 29.8 Å². The molecule has 102 valence electrons. The number of carbonyl (C=O) groups excluding carboxylic acids is 1. The SMILES string of the molecule is CC(Cc1ccc(SC2CCCC2=O)cc1)C(=O)O. The molecule has 2 unspecified atom stereocenters. The van der Waals surface area contributed by atoms with Crippen molar-refractivity contribution in [1.29, 1.82) is 0 Å². The van der Waals surface area contributed by atoms with Crippen LogP contribution in [0.1, 0.15) is 31.7 Å². The second kappa shape index (κ2) is 6.24. The van der Waals surface area contributed by atoms with Crippen LogP contribution in [0.4, 0.5) is 0 Å². The first-order chi connectivity index (χ1) is 9.06. The minimum absolute atomic E-state index is 0.115. The predicted molar refractivity (Wildman–Crippen MR) is 75.4 cm³/mol. The van der Waals surface area contributed by atoms with E-state index in [9.17, 15) is 9.59 Å². The van der Waals surface area contributed by atoms with Crippen LogP contribution in [0.2, 0.25) is 0 Å². The van der Waals surface area contributed by atoms with Crippen LogP contribution in [0.15, 0.2) is 29.2 Å². The highest BCUT2D eigenvalue weighted by molar-refractivity contribution is 8.00. The maximum Gasteiger partial charge on any atom is 0.306 e. The zero-order valence-electron chi connectivity index (χ0n) is 11.0. The molecule has 0 saturated heterocycles. The molecule has 1 aliphatic rings. The van der Waals surface area contributed by atoms with Gasteiger partial charge in [-0.2, -0.15) is 0 Å². The van der Waals surface area contributed by atoms with Gasteiger partial charge in [-0.25, -0.2) is 0 Å². The van der Waals surface area contributed by atoms with Crippen LogP contribution in [0.3, 0.4) is 0 Å². The van der Waals surface area contributed by atoms with Crippen LogP contribution in [0.5, 0.6) is 0 Å². The van der Waals surface area contributed by atoms with E-state index in [1.54, 1.807) is 18.7 Å². The third-order valence-corrected chi connectivity index (χ3v) is 4.74. The van der Waals surface area contributed by atoms with E-state index in [2.05, 4.69) is 0 Å². The van der Waals surface area contributed by atoms with Crippen molar-refractivity contribution < 1.29 is 14.7 Å². The Bertz CT molecular complexity index is 467. The number of ketones is 1. The van der Waals surface area contributed by atoms with Crippen LogP contribution in [0, 0.1) is 5.92 Å². The number of hydrogen-bond donors (Lipinski definition) is 1. The van der Waals surface area contributed by atoms with Gasteiger partial charge in [-0.1, -0.05) is 19.1 Å². The van der Waals surface area contributed by atoms with Gasteiger partial charge in [-0.15, -0.1) is 11.8 Å². The van der Waals surface area contributed by atoms with E-state index in [-0.39, 0.29) is 11.2 Å². The molecule has 0 aromatic heterocycles. The molecule has 0 heterocycles. The number of carboxylic acid groups (broad SMARTS) is 1. The van der Waals surface area contributed by atoms with Gasteiger partial charge in [-0.05, 0) is 37.0 Å². The van der Waals surface area contributed by atoms with Gasteiger partial charge < -0.3 is 5.11 Å². The van der Waals surface area contributed by atoms with Crippen LogP contribution in [0.25, 0.3) is 0 Å². The Morgan fingerprint density at radius 2 is 2.11 bits per heavy atom. The summed E-state index contributed by atoms with van der Waals surface area (Å²) in [4.78, 5) is 23.5. The number of thioether (sulfide) groups is 1. The molecule has 0 aliphatic heterocycles. The summed E-state index contributed by atoms with van der Waals surface area (Å²) in [5, 5.41) is 8.99. The van der Waals surface area contributed by atoms with E-state index in [0.717, 1.165) is 23.3 Å². The molecule has 2 atom stereocenters. The molecule has 0 bridgehead atoms. The van der Waals surface area contributed by atoms with Gasteiger partial charge in [0.2, 0.25) is 0 Å². The Morgan fingerprint density at radius 1 is 1.42 bits per heavy atom. The highest BCUT2D eigenvalue weighted by Crippen LogP contribution is 2.32. The van der Waals surface area contributed by atoms with Crippen LogP contribution in [-0.2, 0) is 16.0 Å². The van der Waals surface area contributed by atoms with Gasteiger partial charge in [0.15, 0.2) is 0 Å². The molecule has 1 aromatic rings. The fourth-order valence-corrected chi connectivity index (χ4v) is 3.37. The zero-order valence-corrected chi connectivity index (χ0v) is 11.8. The summed E-state index contributed by atoms with van der Waals surface area (Å²) < 4.78 is 0. The van der Waals surface area contributed by atoms with Crippen molar-refractivity contribution in [1.82, 2.24) is 0 Å². The molecule has 19 heavy (non-hydrogen) atoms. The second-order valence-electron chi connectivity index (χ2n) is 5.05. The molecule has 1 aromatic carbocycles. The van der Waals surface area contributed by atoms with Crippen molar-refractivity contribution in [2.75, 3.05) is 0 Å². The number of aliphatic carboxylic acids is 1. The first-order valence-corrected chi connectivity index (χ1v) is 7.45. The molecule has 0 spiro atoms. The van der Waals surface area contributed by atoms with Crippen molar-refractivity contribution in [3.63, 3.8) is 0 Å². The molecule has 4 heteroatoms. The van der Waals surface area contributed by atoms with Crippen molar-refractivity contribution in [3.8, 4) is 0 Å². The summed E-state index contributed by atoms with van der Waals surface area (Å²) in [6, 6.07) is 7.89. The molecule has 1 aliphatic carbocycles. The van der Waals surface area contributed by atoms with Crippen LogP contribution in [-0.4, -0.2) is 22.1 Å². The molecular weight excluding hydrogens is 260 g/mol. The Kier molecular flexibility index (Phi) is 4.64. The lowest BCUT2D eigenvalue weighted by Gasteiger charge is -2.09. The van der Waals surface area contributed by atoms with E-state index in [1.807, 2.05) is 24.3 Å². The average molecular weight is 278 g/mol. The lowest BCUT2D eigenvalue weighted by Crippen LogP contribution is -2.12. The monoisotopic (exact) mass is 278 g/mol. The normalized spacial score (nSPS) is 20.5. The van der Waals surface area contributed by atoms with Crippen molar-refractivity contribution in [2.24, 2.45) is 5.92 Å². The smallest absolute Gasteiger partial charge is 0.306 e. The summed E-state index contributed by atoms with van der Waals surface area (Å²) in [7, 11) is 0. The Labute approximate surface area is 117 Å². The Hall–Kier alpha value is -1.29. The molecule has 3 nitrogen and oxygen atoms in total. The minimum atomic E-state index is -0.769. The van der Waals surface area contributed by atoms with Gasteiger partial charge in [0.25, 0.3) is 0 Å². The molecule has 1 N–H and O–H groups in total. The summed E-state index contributed by atoms with van der Waals surface area (Å²) in [5.74, 6) is -0.779. The average Bonchev–Trinajstić information content (AvgIpc) is 2.77. The van der Waals surface area contributed by atoms with Crippen molar-refractivity contribution in [2.45, 2.75) is 42.8 Å².